The van der Waals surface area contributed by atoms with Crippen LogP contribution in [0.1, 0.15) is 6.92 Å². The fourth-order valence-corrected chi connectivity index (χ4v) is 1.99. The van der Waals surface area contributed by atoms with Crippen LogP contribution in [0.5, 0.6) is 0 Å². The highest BCUT2D eigenvalue weighted by Crippen LogP contribution is 2.17. The van der Waals surface area contributed by atoms with Crippen LogP contribution in [-0.4, -0.2) is 32.4 Å². The second kappa shape index (κ2) is 3.98. The van der Waals surface area contributed by atoms with Crippen LogP contribution < -0.4 is 0 Å². The first-order chi connectivity index (χ1) is 5.66. The number of aliphatic hydroxyl groups excluding tert-OH is 2. The van der Waals surface area contributed by atoms with Crippen molar-refractivity contribution in [2.24, 2.45) is 0 Å². The van der Waals surface area contributed by atoms with E-state index in [9.17, 15) is 14.4 Å². The van der Waals surface area contributed by atoms with Crippen molar-refractivity contribution >= 4 is 10.8 Å². The van der Waals surface area contributed by atoms with E-state index in [-0.39, 0.29) is 0 Å². The van der Waals surface area contributed by atoms with Crippen molar-refractivity contribution in [3.8, 4) is 0 Å². The van der Waals surface area contributed by atoms with Crippen LogP contribution >= 0.6 is 0 Å². The van der Waals surface area contributed by atoms with Crippen molar-refractivity contribution in [1.82, 2.24) is 0 Å². The summed E-state index contributed by atoms with van der Waals surface area (Å²) in [5, 5.41) is 18.6. The molecule has 0 spiro atoms. The van der Waals surface area contributed by atoms with Gasteiger partial charge in [-0.25, -0.2) is 0 Å². The summed E-state index contributed by atoms with van der Waals surface area (Å²) in [7, 11) is -1.16. The van der Waals surface area contributed by atoms with Gasteiger partial charge < -0.3 is 10.2 Å². The summed E-state index contributed by atoms with van der Waals surface area (Å²) in [6.45, 7) is 1.77. The zero-order chi connectivity index (χ0) is 9.14. The van der Waals surface area contributed by atoms with Crippen molar-refractivity contribution < 1.29 is 14.4 Å². The second-order valence-corrected chi connectivity index (χ2v) is 4.26. The van der Waals surface area contributed by atoms with Crippen LogP contribution in [0.2, 0.25) is 0 Å². The molecule has 0 radical (unpaired) electrons. The van der Waals surface area contributed by atoms with E-state index >= 15 is 0 Å². The number of aliphatic hydroxyl groups is 2. The minimum Gasteiger partial charge on any atom is -0.386 e. The van der Waals surface area contributed by atoms with E-state index in [4.69, 9.17) is 0 Å². The molecule has 0 aromatic rings. The molecule has 0 saturated carbocycles. The van der Waals surface area contributed by atoms with E-state index in [0.29, 0.717) is 10.7 Å². The Morgan fingerprint density at radius 2 is 2.25 bits per heavy atom. The highest BCUT2D eigenvalue weighted by Gasteiger charge is 2.23. The first kappa shape index (κ1) is 9.64. The van der Waals surface area contributed by atoms with Crippen molar-refractivity contribution in [2.45, 2.75) is 19.1 Å². The molecule has 0 aromatic heterocycles. The van der Waals surface area contributed by atoms with E-state index in [1.54, 1.807) is 19.1 Å². The zero-order valence-corrected chi connectivity index (χ0v) is 7.62. The van der Waals surface area contributed by atoms with Gasteiger partial charge in [0, 0.05) is 10.7 Å². The van der Waals surface area contributed by atoms with Gasteiger partial charge in [0.25, 0.3) is 0 Å². The van der Waals surface area contributed by atoms with Gasteiger partial charge in [-0.3, -0.25) is 4.21 Å². The Balaban J connectivity index is 2.82. The Morgan fingerprint density at radius 1 is 1.58 bits per heavy atom. The maximum atomic E-state index is 11.3. The Labute approximate surface area is 73.9 Å². The highest BCUT2D eigenvalue weighted by molar-refractivity contribution is 7.89. The molecule has 68 valence electrons. The summed E-state index contributed by atoms with van der Waals surface area (Å²) in [5.41, 5.74) is 0. The predicted molar refractivity (Wildman–Crippen MR) is 47.9 cm³/mol. The smallest absolute Gasteiger partial charge is 0.117 e. The largest absolute Gasteiger partial charge is 0.386 e. The normalized spacial score (nSPS) is 31.4. The number of rotatable bonds is 2. The molecule has 0 bridgehead atoms. The molecule has 0 saturated heterocycles. The third kappa shape index (κ3) is 1.83. The average molecular weight is 188 g/mol. The lowest BCUT2D eigenvalue weighted by atomic mass is 10.1. The Kier molecular flexibility index (Phi) is 3.20. The fraction of sp³-hybridized carbons (Fsp3) is 0.500. The average Bonchev–Trinajstić information content (AvgIpc) is 2.08. The molecule has 1 aliphatic carbocycles. The van der Waals surface area contributed by atoms with Crippen LogP contribution in [-0.2, 0) is 10.8 Å². The van der Waals surface area contributed by atoms with Gasteiger partial charge >= 0.3 is 0 Å². The van der Waals surface area contributed by atoms with E-state index in [2.05, 4.69) is 0 Å². The molecule has 3 nitrogen and oxygen atoms in total. The standard InChI is InChI=1S/C8H12O3S/c1-2-12(11)7-5-3-4-6(9)8(7)10/h3-6,8-10H,2H2,1H3/t6-,8-,12?/m0/s1. The molecule has 0 aliphatic heterocycles. The van der Waals surface area contributed by atoms with Crippen LogP contribution in [0.3, 0.4) is 0 Å². The maximum Gasteiger partial charge on any atom is 0.117 e. The van der Waals surface area contributed by atoms with Gasteiger partial charge in [0.15, 0.2) is 0 Å². The molecule has 0 fully saturated rings. The lowest BCUT2D eigenvalue weighted by Gasteiger charge is -2.19. The number of hydrogen-bond acceptors (Lipinski definition) is 3. The van der Waals surface area contributed by atoms with Crippen LogP contribution in [0.15, 0.2) is 23.1 Å². The molecule has 4 heteroatoms. The van der Waals surface area contributed by atoms with Crippen molar-refractivity contribution in [1.29, 1.82) is 0 Å². The molecule has 2 N–H and O–H groups in total. The molecule has 0 aromatic carbocycles. The zero-order valence-electron chi connectivity index (χ0n) is 6.80. The number of hydrogen-bond donors (Lipinski definition) is 2. The molecule has 1 rings (SSSR count). The molecule has 0 heterocycles. The Hall–Kier alpha value is -0.450. The highest BCUT2D eigenvalue weighted by atomic mass is 32.2. The molecular weight excluding hydrogens is 176 g/mol. The third-order valence-corrected chi connectivity index (χ3v) is 3.14. The summed E-state index contributed by atoms with van der Waals surface area (Å²) >= 11 is 0. The Bertz CT molecular complexity index is 245. The first-order valence-electron chi connectivity index (χ1n) is 3.79. The monoisotopic (exact) mass is 188 g/mol. The predicted octanol–water partition coefficient (Wildman–Crippen LogP) is -0.0695. The van der Waals surface area contributed by atoms with Crippen LogP contribution in [0.4, 0.5) is 0 Å². The lowest BCUT2D eigenvalue weighted by Crippen LogP contribution is -2.30. The van der Waals surface area contributed by atoms with Crippen LogP contribution in [0, 0.1) is 0 Å². The van der Waals surface area contributed by atoms with Gasteiger partial charge in [-0.2, -0.15) is 0 Å². The minimum absolute atomic E-state index is 0.410. The first-order valence-corrected chi connectivity index (χ1v) is 5.11. The lowest BCUT2D eigenvalue weighted by molar-refractivity contribution is 0.0765. The Morgan fingerprint density at radius 3 is 2.83 bits per heavy atom. The summed E-state index contributed by atoms with van der Waals surface area (Å²) in [4.78, 5) is 0.410. The summed E-state index contributed by atoms with van der Waals surface area (Å²) in [5.74, 6) is 0.462. The van der Waals surface area contributed by atoms with Gasteiger partial charge in [0.2, 0.25) is 0 Å². The molecule has 3 atom stereocenters. The van der Waals surface area contributed by atoms with E-state index < -0.39 is 23.0 Å². The second-order valence-electron chi connectivity index (χ2n) is 2.52. The minimum atomic E-state index is -1.16. The molecule has 12 heavy (non-hydrogen) atoms. The molecule has 1 unspecified atom stereocenters. The quantitative estimate of drug-likeness (QED) is 0.638. The van der Waals surface area contributed by atoms with Crippen molar-refractivity contribution in [3.05, 3.63) is 23.1 Å². The van der Waals surface area contributed by atoms with Gasteiger partial charge in [-0.1, -0.05) is 19.1 Å². The van der Waals surface area contributed by atoms with E-state index in [0.717, 1.165) is 0 Å². The van der Waals surface area contributed by atoms with Gasteiger partial charge in [0.05, 0.1) is 10.8 Å². The van der Waals surface area contributed by atoms with Crippen LogP contribution in [0.25, 0.3) is 0 Å². The third-order valence-electron chi connectivity index (χ3n) is 1.71. The van der Waals surface area contributed by atoms with E-state index in [1.165, 1.54) is 6.08 Å². The fourth-order valence-electron chi connectivity index (χ4n) is 1.01. The summed E-state index contributed by atoms with van der Waals surface area (Å²) in [6.07, 6.45) is 2.76. The molecule has 1 aliphatic rings. The topological polar surface area (TPSA) is 57.5 Å². The van der Waals surface area contributed by atoms with Gasteiger partial charge in [0.1, 0.15) is 12.2 Å². The summed E-state index contributed by atoms with van der Waals surface area (Å²) < 4.78 is 11.3. The molecular formula is C8H12O3S. The number of allylic oxidation sites excluding steroid dienone is 2. The van der Waals surface area contributed by atoms with Gasteiger partial charge in [-0.05, 0) is 6.08 Å². The summed E-state index contributed by atoms with van der Waals surface area (Å²) in [6, 6.07) is 0. The van der Waals surface area contributed by atoms with E-state index in [1.807, 2.05) is 0 Å². The SMILES string of the molecule is CCS(=O)C1=CC=C[C@H](O)[C@@H]1O. The maximum absolute atomic E-state index is 11.3. The van der Waals surface area contributed by atoms with Crippen molar-refractivity contribution in [2.75, 3.05) is 5.75 Å². The van der Waals surface area contributed by atoms with Gasteiger partial charge in [-0.15, -0.1) is 0 Å². The molecule has 0 amide bonds. The van der Waals surface area contributed by atoms with Crippen molar-refractivity contribution in [3.63, 3.8) is 0 Å².